The Morgan fingerprint density at radius 2 is 1.73 bits per heavy atom. The Morgan fingerprint density at radius 3 is 2.31 bits per heavy atom. The number of sulfone groups is 1. The summed E-state index contributed by atoms with van der Waals surface area (Å²) >= 11 is 0. The molecule has 0 aliphatic rings. The third kappa shape index (κ3) is 4.76. The van der Waals surface area contributed by atoms with E-state index in [1.807, 2.05) is 0 Å². The molecular formula is C19H23NO5S. The summed E-state index contributed by atoms with van der Waals surface area (Å²) in [5.74, 6) is -0.226. The van der Waals surface area contributed by atoms with Crippen LogP contribution in [0.1, 0.15) is 37.3 Å². The van der Waals surface area contributed by atoms with Gasteiger partial charge in [0.05, 0.1) is 4.90 Å². The molecule has 0 aromatic heterocycles. The summed E-state index contributed by atoms with van der Waals surface area (Å²) < 4.78 is 31.4. The molecule has 140 valence electrons. The molecule has 1 atom stereocenters. The molecule has 0 spiro atoms. The first-order valence-corrected chi connectivity index (χ1v) is 9.63. The van der Waals surface area contributed by atoms with Crippen LogP contribution >= 0.6 is 0 Å². The molecule has 2 aromatic rings. The molecule has 0 heterocycles. The summed E-state index contributed by atoms with van der Waals surface area (Å²) in [7, 11) is -4.02. The molecule has 1 unspecified atom stereocenters. The first-order chi connectivity index (χ1) is 12.0. The summed E-state index contributed by atoms with van der Waals surface area (Å²) in [6.45, 7) is 6.80. The standard InChI is InChI=1S/C19H23NO5S/c1-13-10-11-16(21)15(12-13)17(20-18(22)25-19(2,3)4)26(23,24)14-8-6-5-7-9-14/h5-12,17,21H,1-4H3,(H,20,22). The largest absolute Gasteiger partial charge is 0.508 e. The van der Waals surface area contributed by atoms with Crippen molar-refractivity contribution >= 4 is 15.9 Å². The van der Waals surface area contributed by atoms with Crippen LogP contribution in [0.2, 0.25) is 0 Å². The van der Waals surface area contributed by atoms with Crippen molar-refractivity contribution in [1.82, 2.24) is 5.32 Å². The average molecular weight is 377 g/mol. The van der Waals surface area contributed by atoms with Crippen LogP contribution in [-0.2, 0) is 14.6 Å². The molecule has 6 nitrogen and oxygen atoms in total. The fourth-order valence-corrected chi connectivity index (χ4v) is 3.95. The molecule has 0 saturated carbocycles. The number of amides is 1. The molecule has 1 amide bonds. The van der Waals surface area contributed by atoms with E-state index < -0.39 is 26.9 Å². The minimum Gasteiger partial charge on any atom is -0.508 e. The second kappa shape index (κ2) is 7.37. The third-order valence-corrected chi connectivity index (χ3v) is 5.42. The Labute approximate surface area is 153 Å². The van der Waals surface area contributed by atoms with Gasteiger partial charge in [-0.05, 0) is 52.0 Å². The van der Waals surface area contributed by atoms with Gasteiger partial charge in [0.2, 0.25) is 9.84 Å². The number of phenolic OH excluding ortho intramolecular Hbond substituents is 1. The number of carbonyl (C=O) groups excluding carboxylic acids is 1. The van der Waals surface area contributed by atoms with Crippen LogP contribution in [-0.4, -0.2) is 25.2 Å². The first kappa shape index (κ1) is 19.8. The second-order valence-electron chi connectivity index (χ2n) is 6.95. The Bertz CT molecular complexity index is 886. The lowest BCUT2D eigenvalue weighted by molar-refractivity contribution is 0.0519. The van der Waals surface area contributed by atoms with Crippen molar-refractivity contribution in [2.24, 2.45) is 0 Å². The van der Waals surface area contributed by atoms with Crippen LogP contribution < -0.4 is 5.32 Å². The van der Waals surface area contributed by atoms with Gasteiger partial charge in [0.25, 0.3) is 0 Å². The van der Waals surface area contributed by atoms with E-state index in [1.165, 1.54) is 24.3 Å². The van der Waals surface area contributed by atoms with Crippen molar-refractivity contribution in [3.05, 3.63) is 59.7 Å². The van der Waals surface area contributed by atoms with Gasteiger partial charge in [0, 0.05) is 5.56 Å². The fraction of sp³-hybridized carbons (Fsp3) is 0.316. The summed E-state index contributed by atoms with van der Waals surface area (Å²) in [5, 5.41) is 11.1. The predicted molar refractivity (Wildman–Crippen MR) is 98.6 cm³/mol. The zero-order valence-electron chi connectivity index (χ0n) is 15.2. The fourth-order valence-electron chi connectivity index (χ4n) is 2.37. The van der Waals surface area contributed by atoms with E-state index in [-0.39, 0.29) is 16.2 Å². The molecule has 0 bridgehead atoms. The maximum Gasteiger partial charge on any atom is 0.408 e. The van der Waals surface area contributed by atoms with Gasteiger partial charge in [-0.3, -0.25) is 0 Å². The number of ether oxygens (including phenoxy) is 1. The summed E-state index contributed by atoms with van der Waals surface area (Å²) in [6.07, 6.45) is -0.886. The van der Waals surface area contributed by atoms with E-state index in [1.54, 1.807) is 52.0 Å². The second-order valence-corrected chi connectivity index (χ2v) is 8.98. The molecule has 2 rings (SSSR count). The van der Waals surface area contributed by atoms with Gasteiger partial charge in [-0.15, -0.1) is 0 Å². The normalized spacial score (nSPS) is 13.1. The first-order valence-electron chi connectivity index (χ1n) is 8.09. The van der Waals surface area contributed by atoms with E-state index in [4.69, 9.17) is 4.74 Å². The molecule has 0 fully saturated rings. The highest BCUT2D eigenvalue weighted by Gasteiger charge is 2.34. The van der Waals surface area contributed by atoms with E-state index in [9.17, 15) is 18.3 Å². The zero-order valence-corrected chi connectivity index (χ0v) is 16.0. The number of nitrogens with one attached hydrogen (secondary N) is 1. The molecule has 7 heteroatoms. The molecule has 0 radical (unpaired) electrons. The Kier molecular flexibility index (Phi) is 5.61. The van der Waals surface area contributed by atoms with E-state index >= 15 is 0 Å². The maximum absolute atomic E-state index is 13.1. The van der Waals surface area contributed by atoms with Crippen molar-refractivity contribution in [3.8, 4) is 5.75 Å². The van der Waals surface area contributed by atoms with Crippen LogP contribution in [0.15, 0.2) is 53.4 Å². The van der Waals surface area contributed by atoms with Crippen molar-refractivity contribution in [1.29, 1.82) is 0 Å². The van der Waals surface area contributed by atoms with Crippen LogP contribution in [0.25, 0.3) is 0 Å². The number of hydrogen-bond donors (Lipinski definition) is 2. The van der Waals surface area contributed by atoms with Crippen LogP contribution in [0.4, 0.5) is 4.79 Å². The lowest BCUT2D eigenvalue weighted by Gasteiger charge is -2.24. The van der Waals surface area contributed by atoms with Gasteiger partial charge < -0.3 is 15.2 Å². The maximum atomic E-state index is 13.1. The zero-order chi connectivity index (χ0) is 19.5. The number of phenols is 1. The number of rotatable bonds is 4. The minimum atomic E-state index is -4.02. The highest BCUT2D eigenvalue weighted by molar-refractivity contribution is 7.91. The lowest BCUT2D eigenvalue weighted by atomic mass is 10.1. The van der Waals surface area contributed by atoms with E-state index in [0.29, 0.717) is 0 Å². The van der Waals surface area contributed by atoms with Crippen molar-refractivity contribution in [3.63, 3.8) is 0 Å². The van der Waals surface area contributed by atoms with E-state index in [0.717, 1.165) is 5.56 Å². The summed E-state index contributed by atoms with van der Waals surface area (Å²) in [5.41, 5.74) is 0.0385. The molecular weight excluding hydrogens is 354 g/mol. The highest BCUT2D eigenvalue weighted by Crippen LogP contribution is 2.33. The van der Waals surface area contributed by atoms with E-state index in [2.05, 4.69) is 5.32 Å². The van der Waals surface area contributed by atoms with Crippen LogP contribution in [0.5, 0.6) is 5.75 Å². The third-order valence-electron chi connectivity index (χ3n) is 3.50. The number of hydrogen-bond acceptors (Lipinski definition) is 5. The Balaban J connectivity index is 2.52. The van der Waals surface area contributed by atoms with Gasteiger partial charge in [-0.2, -0.15) is 0 Å². The SMILES string of the molecule is Cc1ccc(O)c(C(NC(=O)OC(C)(C)C)S(=O)(=O)c2ccccc2)c1. The number of carbonyl (C=O) groups is 1. The molecule has 0 saturated heterocycles. The van der Waals surface area contributed by atoms with Gasteiger partial charge in [0.15, 0.2) is 5.37 Å². The Hall–Kier alpha value is -2.54. The quantitative estimate of drug-likeness (QED) is 0.847. The predicted octanol–water partition coefficient (Wildman–Crippen LogP) is 3.70. The average Bonchev–Trinajstić information content (AvgIpc) is 2.54. The number of benzene rings is 2. The summed E-state index contributed by atoms with van der Waals surface area (Å²) in [4.78, 5) is 12.3. The van der Waals surface area contributed by atoms with Gasteiger partial charge in [-0.1, -0.05) is 29.8 Å². The molecule has 2 aromatic carbocycles. The van der Waals surface area contributed by atoms with Crippen molar-refractivity contribution in [2.75, 3.05) is 0 Å². The lowest BCUT2D eigenvalue weighted by Crippen LogP contribution is -2.38. The van der Waals surface area contributed by atoms with Crippen LogP contribution in [0.3, 0.4) is 0 Å². The molecule has 2 N–H and O–H groups in total. The van der Waals surface area contributed by atoms with Gasteiger partial charge in [0.1, 0.15) is 11.4 Å². The Morgan fingerprint density at radius 1 is 1.12 bits per heavy atom. The van der Waals surface area contributed by atoms with Gasteiger partial charge in [-0.25, -0.2) is 13.2 Å². The minimum absolute atomic E-state index is 0.0296. The number of aryl methyl sites for hydroxylation is 1. The monoisotopic (exact) mass is 377 g/mol. The molecule has 0 aliphatic heterocycles. The summed E-state index contributed by atoms with van der Waals surface area (Å²) in [6, 6.07) is 12.3. The number of aromatic hydroxyl groups is 1. The number of alkyl carbamates (subject to hydrolysis) is 1. The highest BCUT2D eigenvalue weighted by atomic mass is 32.2. The topological polar surface area (TPSA) is 92.7 Å². The van der Waals surface area contributed by atoms with Crippen LogP contribution in [0, 0.1) is 6.92 Å². The van der Waals surface area contributed by atoms with Crippen molar-refractivity contribution in [2.45, 2.75) is 43.6 Å². The molecule has 26 heavy (non-hydrogen) atoms. The smallest absolute Gasteiger partial charge is 0.408 e. The molecule has 0 aliphatic carbocycles. The van der Waals surface area contributed by atoms with Gasteiger partial charge >= 0.3 is 6.09 Å². The van der Waals surface area contributed by atoms with Crippen molar-refractivity contribution < 1.29 is 23.1 Å².